The third-order valence-corrected chi connectivity index (χ3v) is 4.59. The lowest BCUT2D eigenvalue weighted by atomic mass is 10.2. The van der Waals surface area contributed by atoms with Gasteiger partial charge in [0.1, 0.15) is 10.8 Å². The molecule has 10 nitrogen and oxygen atoms in total. The minimum absolute atomic E-state index is 0.0752. The number of carbonyl (C=O) groups excluding carboxylic acids is 2. The Balaban J connectivity index is 1.51. The van der Waals surface area contributed by atoms with Crippen molar-refractivity contribution < 1.29 is 24.5 Å². The lowest BCUT2D eigenvalue weighted by Gasteiger charge is -2.02. The van der Waals surface area contributed by atoms with E-state index in [4.69, 9.17) is 4.74 Å². The second kappa shape index (κ2) is 9.47. The largest absolute Gasteiger partial charge is 0.504 e. The second-order valence-electron chi connectivity index (χ2n) is 5.90. The second-order valence-corrected chi connectivity index (χ2v) is 6.96. The van der Waals surface area contributed by atoms with Gasteiger partial charge in [0.2, 0.25) is 11.0 Å². The standard InChI is InChI=1S/C19H17N5O5S/c1-29-13-5-3-12(4-6-13)18(28)21-19-24-23-17(30-19)9-16(27)22-20-10-11-2-7-14(25)15(26)8-11/h2-8,10,25-26H,9H2,1H3,(H,22,27)(H,21,24,28)/b20-10+. The summed E-state index contributed by atoms with van der Waals surface area (Å²) in [5, 5.41) is 33.5. The van der Waals surface area contributed by atoms with Gasteiger partial charge < -0.3 is 14.9 Å². The molecule has 0 spiro atoms. The Labute approximate surface area is 174 Å². The number of aromatic nitrogens is 2. The van der Waals surface area contributed by atoms with E-state index in [0.717, 1.165) is 11.3 Å². The highest BCUT2D eigenvalue weighted by Gasteiger charge is 2.12. The number of nitrogens with zero attached hydrogens (tertiary/aromatic N) is 3. The van der Waals surface area contributed by atoms with E-state index in [1.165, 1.54) is 31.5 Å². The molecule has 0 saturated carbocycles. The summed E-state index contributed by atoms with van der Waals surface area (Å²) in [6.45, 7) is 0. The van der Waals surface area contributed by atoms with Crippen LogP contribution in [0.15, 0.2) is 47.6 Å². The first-order valence-corrected chi connectivity index (χ1v) is 9.38. The topological polar surface area (TPSA) is 146 Å². The van der Waals surface area contributed by atoms with Gasteiger partial charge in [-0.3, -0.25) is 14.9 Å². The van der Waals surface area contributed by atoms with E-state index < -0.39 is 5.91 Å². The lowest BCUT2D eigenvalue weighted by molar-refractivity contribution is -0.120. The summed E-state index contributed by atoms with van der Waals surface area (Å²) in [6.07, 6.45) is 1.24. The minimum Gasteiger partial charge on any atom is -0.504 e. The molecule has 0 atom stereocenters. The van der Waals surface area contributed by atoms with E-state index in [1.54, 1.807) is 24.3 Å². The molecule has 11 heteroatoms. The van der Waals surface area contributed by atoms with Crippen LogP contribution in [0.5, 0.6) is 17.2 Å². The molecule has 0 radical (unpaired) electrons. The van der Waals surface area contributed by atoms with Crippen molar-refractivity contribution in [2.45, 2.75) is 6.42 Å². The lowest BCUT2D eigenvalue weighted by Crippen LogP contribution is -2.19. The fourth-order valence-corrected chi connectivity index (χ4v) is 3.00. The van der Waals surface area contributed by atoms with Crippen LogP contribution in [0.4, 0.5) is 5.13 Å². The van der Waals surface area contributed by atoms with Gasteiger partial charge in [-0.1, -0.05) is 11.3 Å². The molecule has 0 aliphatic heterocycles. The average Bonchev–Trinajstić information content (AvgIpc) is 3.17. The highest BCUT2D eigenvalue weighted by atomic mass is 32.1. The Bertz CT molecular complexity index is 1080. The van der Waals surface area contributed by atoms with Gasteiger partial charge in [-0.25, -0.2) is 5.43 Å². The van der Waals surface area contributed by atoms with Gasteiger partial charge >= 0.3 is 0 Å². The van der Waals surface area contributed by atoms with Crippen LogP contribution in [0, 0.1) is 0 Å². The highest BCUT2D eigenvalue weighted by Crippen LogP contribution is 2.24. The quantitative estimate of drug-likeness (QED) is 0.256. The van der Waals surface area contributed by atoms with Crippen molar-refractivity contribution in [3.05, 3.63) is 58.6 Å². The Hall–Kier alpha value is -3.99. The van der Waals surface area contributed by atoms with E-state index in [2.05, 4.69) is 26.0 Å². The summed E-state index contributed by atoms with van der Waals surface area (Å²) in [6, 6.07) is 10.7. The maximum absolute atomic E-state index is 12.2. The fourth-order valence-electron chi connectivity index (χ4n) is 2.26. The van der Waals surface area contributed by atoms with Crippen molar-refractivity contribution in [1.29, 1.82) is 0 Å². The first-order chi connectivity index (χ1) is 14.4. The molecule has 154 valence electrons. The number of nitrogens with one attached hydrogen (secondary N) is 2. The number of amides is 2. The van der Waals surface area contributed by atoms with Crippen LogP contribution in [0.1, 0.15) is 20.9 Å². The molecule has 0 bridgehead atoms. The van der Waals surface area contributed by atoms with E-state index in [0.29, 0.717) is 21.9 Å². The number of rotatable bonds is 7. The minimum atomic E-state index is -0.432. The molecule has 2 amide bonds. The molecule has 0 aliphatic rings. The molecule has 3 aromatic rings. The number of phenolic OH excluding ortho intramolecular Hbond substituents is 2. The van der Waals surface area contributed by atoms with Gasteiger partial charge in [-0.05, 0) is 48.0 Å². The van der Waals surface area contributed by atoms with Crippen LogP contribution in [-0.4, -0.2) is 45.5 Å². The number of methoxy groups -OCH3 is 1. The van der Waals surface area contributed by atoms with Crippen LogP contribution in [0.3, 0.4) is 0 Å². The van der Waals surface area contributed by atoms with Crippen LogP contribution in [0.25, 0.3) is 0 Å². The summed E-state index contributed by atoms with van der Waals surface area (Å²) >= 11 is 1.07. The molecule has 0 unspecified atom stereocenters. The monoisotopic (exact) mass is 427 g/mol. The third kappa shape index (κ3) is 5.52. The molecule has 4 N–H and O–H groups in total. The van der Waals surface area contributed by atoms with Gasteiger partial charge in [-0.2, -0.15) is 5.10 Å². The number of ether oxygens (including phenoxy) is 1. The third-order valence-electron chi connectivity index (χ3n) is 3.75. The van der Waals surface area contributed by atoms with Crippen molar-refractivity contribution >= 4 is 34.5 Å². The van der Waals surface area contributed by atoms with E-state index >= 15 is 0 Å². The molecular formula is C19H17N5O5S. The summed E-state index contributed by atoms with van der Waals surface area (Å²) in [5.74, 6) is -0.684. The van der Waals surface area contributed by atoms with E-state index in [-0.39, 0.29) is 29.0 Å². The Kier molecular flexibility index (Phi) is 6.55. The maximum atomic E-state index is 12.2. The van der Waals surface area contributed by atoms with Crippen LogP contribution in [-0.2, 0) is 11.2 Å². The van der Waals surface area contributed by atoms with Gasteiger partial charge in [0, 0.05) is 5.56 Å². The Morgan fingerprint density at radius 3 is 2.60 bits per heavy atom. The molecule has 1 aromatic heterocycles. The van der Waals surface area contributed by atoms with Gasteiger partial charge in [0.05, 0.1) is 19.7 Å². The SMILES string of the molecule is COc1ccc(C(=O)Nc2nnc(CC(=O)N/N=C/c3ccc(O)c(O)c3)s2)cc1. The van der Waals surface area contributed by atoms with Crippen molar-refractivity contribution in [2.24, 2.45) is 5.10 Å². The zero-order chi connectivity index (χ0) is 21.5. The number of hydrogen-bond donors (Lipinski definition) is 4. The number of benzene rings is 2. The predicted octanol–water partition coefficient (Wildman–Crippen LogP) is 1.90. The zero-order valence-electron chi connectivity index (χ0n) is 15.7. The first-order valence-electron chi connectivity index (χ1n) is 8.56. The number of aromatic hydroxyl groups is 2. The maximum Gasteiger partial charge on any atom is 0.257 e. The number of hydrazone groups is 1. The Morgan fingerprint density at radius 1 is 1.13 bits per heavy atom. The molecule has 0 fully saturated rings. The Morgan fingerprint density at radius 2 is 1.90 bits per heavy atom. The molecule has 30 heavy (non-hydrogen) atoms. The van der Waals surface area contributed by atoms with Crippen LogP contribution < -0.4 is 15.5 Å². The smallest absolute Gasteiger partial charge is 0.257 e. The number of phenols is 2. The van der Waals surface area contributed by atoms with Crippen LogP contribution in [0.2, 0.25) is 0 Å². The van der Waals surface area contributed by atoms with Gasteiger partial charge in [0.15, 0.2) is 11.5 Å². The van der Waals surface area contributed by atoms with Crippen molar-refractivity contribution in [3.8, 4) is 17.2 Å². The zero-order valence-corrected chi connectivity index (χ0v) is 16.5. The average molecular weight is 427 g/mol. The summed E-state index contributed by atoms with van der Waals surface area (Å²) in [5.41, 5.74) is 3.25. The number of anilines is 1. The summed E-state index contributed by atoms with van der Waals surface area (Å²) < 4.78 is 5.05. The molecule has 0 aliphatic carbocycles. The summed E-state index contributed by atoms with van der Waals surface area (Å²) in [7, 11) is 1.54. The summed E-state index contributed by atoms with van der Waals surface area (Å²) in [4.78, 5) is 24.2. The first kappa shape index (κ1) is 20.7. The number of hydrogen-bond acceptors (Lipinski definition) is 9. The fraction of sp³-hybridized carbons (Fsp3) is 0.105. The molecule has 1 heterocycles. The van der Waals surface area contributed by atoms with E-state index in [9.17, 15) is 19.8 Å². The van der Waals surface area contributed by atoms with E-state index in [1.807, 2.05) is 0 Å². The predicted molar refractivity (Wildman–Crippen MR) is 110 cm³/mol. The molecule has 2 aromatic carbocycles. The van der Waals surface area contributed by atoms with Crippen molar-refractivity contribution in [3.63, 3.8) is 0 Å². The van der Waals surface area contributed by atoms with Crippen LogP contribution >= 0.6 is 11.3 Å². The molecule has 3 rings (SSSR count). The molecular weight excluding hydrogens is 410 g/mol. The van der Waals surface area contributed by atoms with Gasteiger partial charge in [-0.15, -0.1) is 10.2 Å². The highest BCUT2D eigenvalue weighted by molar-refractivity contribution is 7.15. The normalized spacial score (nSPS) is 10.7. The van der Waals surface area contributed by atoms with Crippen molar-refractivity contribution in [1.82, 2.24) is 15.6 Å². The van der Waals surface area contributed by atoms with Crippen molar-refractivity contribution in [2.75, 3.05) is 12.4 Å². The number of carbonyl (C=O) groups is 2. The van der Waals surface area contributed by atoms with Gasteiger partial charge in [0.25, 0.3) is 5.91 Å². The molecule has 0 saturated heterocycles.